The van der Waals surface area contributed by atoms with Crippen molar-refractivity contribution in [2.24, 2.45) is 0 Å². The Morgan fingerprint density at radius 1 is 1.18 bits per heavy atom. The number of nitrogens with zero attached hydrogens (tertiary/aromatic N) is 1. The smallest absolute Gasteiger partial charge is 0.141 e. The van der Waals surface area contributed by atoms with E-state index in [1.54, 1.807) is 12.3 Å². The Morgan fingerprint density at radius 2 is 1.82 bits per heavy atom. The molecule has 0 aliphatic rings. The number of hydrogen-bond acceptors (Lipinski definition) is 2. The summed E-state index contributed by atoms with van der Waals surface area (Å²) < 4.78 is 13.1. The van der Waals surface area contributed by atoms with Gasteiger partial charge in [-0.1, -0.05) is 13.8 Å². The predicted molar refractivity (Wildman–Crippen MR) is 69.6 cm³/mol. The van der Waals surface area contributed by atoms with Crippen molar-refractivity contribution in [3.8, 4) is 0 Å². The van der Waals surface area contributed by atoms with Gasteiger partial charge in [0.1, 0.15) is 5.82 Å². The molecule has 0 amide bonds. The van der Waals surface area contributed by atoms with Gasteiger partial charge in [0.15, 0.2) is 0 Å². The number of aromatic nitrogens is 1. The molecule has 0 aliphatic carbocycles. The first kappa shape index (κ1) is 14.1. The molecule has 3 heteroatoms. The molecule has 0 saturated carbocycles. The van der Waals surface area contributed by atoms with Gasteiger partial charge >= 0.3 is 0 Å². The fourth-order valence-electron chi connectivity index (χ4n) is 1.68. The molecule has 0 fully saturated rings. The van der Waals surface area contributed by atoms with Crippen LogP contribution in [0.15, 0.2) is 18.5 Å². The van der Waals surface area contributed by atoms with Gasteiger partial charge in [0.25, 0.3) is 0 Å². The van der Waals surface area contributed by atoms with E-state index in [2.05, 4.69) is 44.9 Å². The summed E-state index contributed by atoms with van der Waals surface area (Å²) in [6, 6.07) is 1.57. The quantitative estimate of drug-likeness (QED) is 0.870. The molecule has 0 atom stereocenters. The second kappa shape index (κ2) is 5.13. The zero-order chi connectivity index (χ0) is 13.1. The molecule has 1 aromatic rings. The Balaban J connectivity index is 2.62. The molecule has 0 aliphatic heterocycles. The topological polar surface area (TPSA) is 24.9 Å². The lowest BCUT2D eigenvalue weighted by molar-refractivity contribution is 0.378. The van der Waals surface area contributed by atoms with Gasteiger partial charge in [-0.05, 0) is 50.8 Å². The van der Waals surface area contributed by atoms with Gasteiger partial charge in [0.05, 0.1) is 6.20 Å². The van der Waals surface area contributed by atoms with Crippen LogP contribution in [-0.4, -0.2) is 17.1 Å². The Morgan fingerprint density at radius 3 is 2.35 bits per heavy atom. The molecule has 0 bridgehead atoms. The van der Waals surface area contributed by atoms with Crippen molar-refractivity contribution < 1.29 is 4.39 Å². The maximum Gasteiger partial charge on any atom is 0.141 e. The summed E-state index contributed by atoms with van der Waals surface area (Å²) in [6.07, 6.45) is 3.95. The van der Waals surface area contributed by atoms with Crippen LogP contribution in [0, 0.1) is 5.82 Å². The Bertz CT molecular complexity index is 367. The van der Waals surface area contributed by atoms with E-state index in [1.165, 1.54) is 6.20 Å². The number of nitrogens with one attached hydrogen (secondary N) is 1. The molecule has 96 valence electrons. The average Bonchev–Trinajstić information content (AvgIpc) is 2.15. The molecule has 0 aromatic carbocycles. The highest BCUT2D eigenvalue weighted by Gasteiger charge is 2.22. The maximum absolute atomic E-state index is 13.1. The molecule has 1 rings (SSSR count). The van der Waals surface area contributed by atoms with Crippen molar-refractivity contribution in [3.63, 3.8) is 0 Å². The lowest BCUT2D eigenvalue weighted by Gasteiger charge is -2.28. The minimum atomic E-state index is -0.264. The van der Waals surface area contributed by atoms with Gasteiger partial charge in [0.2, 0.25) is 0 Å². The van der Waals surface area contributed by atoms with Crippen molar-refractivity contribution in [1.82, 2.24) is 10.3 Å². The van der Waals surface area contributed by atoms with Crippen LogP contribution in [0.25, 0.3) is 0 Å². The third-order valence-corrected chi connectivity index (χ3v) is 2.89. The Kier molecular flexibility index (Phi) is 4.26. The van der Waals surface area contributed by atoms with Crippen molar-refractivity contribution in [3.05, 3.63) is 29.8 Å². The normalized spacial score (nSPS) is 12.8. The summed E-state index contributed by atoms with van der Waals surface area (Å²) in [5.41, 5.74) is 1.01. The fourth-order valence-corrected chi connectivity index (χ4v) is 1.68. The summed E-state index contributed by atoms with van der Waals surface area (Å²) >= 11 is 0. The summed E-state index contributed by atoms with van der Waals surface area (Å²) in [4.78, 5) is 3.91. The van der Waals surface area contributed by atoms with Crippen molar-refractivity contribution in [2.75, 3.05) is 6.54 Å². The van der Waals surface area contributed by atoms with E-state index in [4.69, 9.17) is 0 Å². The molecule has 1 N–H and O–H groups in total. The van der Waals surface area contributed by atoms with Crippen molar-refractivity contribution in [1.29, 1.82) is 0 Å². The van der Waals surface area contributed by atoms with E-state index in [9.17, 15) is 4.39 Å². The number of rotatable bonds is 4. The number of pyridine rings is 1. The Labute approximate surface area is 104 Å². The predicted octanol–water partition coefficient (Wildman–Crippen LogP) is 3.28. The van der Waals surface area contributed by atoms with Crippen LogP contribution in [0.2, 0.25) is 0 Å². The fraction of sp³-hybridized carbons (Fsp3) is 0.643. The minimum absolute atomic E-state index is 0.0622. The first-order valence-corrected chi connectivity index (χ1v) is 6.07. The van der Waals surface area contributed by atoms with E-state index in [0.29, 0.717) is 0 Å². The van der Waals surface area contributed by atoms with Crippen molar-refractivity contribution in [2.45, 2.75) is 52.0 Å². The first-order chi connectivity index (χ1) is 7.71. The van der Waals surface area contributed by atoms with E-state index < -0.39 is 0 Å². The number of halogens is 1. The lowest BCUT2D eigenvalue weighted by Crippen LogP contribution is -2.38. The molecule has 0 radical (unpaired) electrons. The van der Waals surface area contributed by atoms with Gasteiger partial charge in [-0.15, -0.1) is 0 Å². The van der Waals surface area contributed by atoms with Gasteiger partial charge in [0, 0.05) is 11.7 Å². The monoisotopic (exact) mass is 238 g/mol. The zero-order valence-corrected chi connectivity index (χ0v) is 11.5. The highest BCUT2D eigenvalue weighted by molar-refractivity contribution is 5.20. The number of hydrogen-bond donors (Lipinski definition) is 1. The molecule has 2 nitrogen and oxygen atoms in total. The van der Waals surface area contributed by atoms with Crippen LogP contribution < -0.4 is 5.32 Å². The standard InChI is InChI=1S/C14H23FN2/c1-13(2,3)17-7-6-14(4,5)11-8-12(15)10-16-9-11/h8-10,17H,6-7H2,1-5H3. The van der Waals surface area contributed by atoms with Crippen LogP contribution in [0.4, 0.5) is 4.39 Å². The molecular weight excluding hydrogens is 215 g/mol. The SMILES string of the molecule is CC(C)(C)NCCC(C)(C)c1cncc(F)c1. The largest absolute Gasteiger partial charge is 0.312 e. The molecule has 0 saturated heterocycles. The first-order valence-electron chi connectivity index (χ1n) is 6.07. The van der Waals surface area contributed by atoms with Crippen LogP contribution in [0.3, 0.4) is 0 Å². The maximum atomic E-state index is 13.1. The van der Waals surface area contributed by atoms with Crippen LogP contribution >= 0.6 is 0 Å². The summed E-state index contributed by atoms with van der Waals surface area (Å²) in [5, 5.41) is 3.45. The lowest BCUT2D eigenvalue weighted by atomic mass is 9.82. The molecular formula is C14H23FN2. The van der Waals surface area contributed by atoms with Gasteiger partial charge in [-0.2, -0.15) is 0 Å². The molecule has 1 aromatic heterocycles. The van der Waals surface area contributed by atoms with Gasteiger partial charge in [-0.3, -0.25) is 4.98 Å². The van der Waals surface area contributed by atoms with E-state index in [-0.39, 0.29) is 16.8 Å². The second-order valence-corrected chi connectivity index (χ2v) is 6.20. The summed E-state index contributed by atoms with van der Waals surface area (Å²) in [5.74, 6) is -0.264. The van der Waals surface area contributed by atoms with Gasteiger partial charge < -0.3 is 5.32 Å². The second-order valence-electron chi connectivity index (χ2n) is 6.20. The Hall–Kier alpha value is -0.960. The van der Waals surface area contributed by atoms with Crippen molar-refractivity contribution >= 4 is 0 Å². The minimum Gasteiger partial charge on any atom is -0.312 e. The summed E-state index contributed by atoms with van der Waals surface area (Å²) in [7, 11) is 0. The van der Waals surface area contributed by atoms with Crippen LogP contribution in [0.5, 0.6) is 0 Å². The third-order valence-electron chi connectivity index (χ3n) is 2.89. The average molecular weight is 238 g/mol. The molecule has 17 heavy (non-hydrogen) atoms. The zero-order valence-electron chi connectivity index (χ0n) is 11.5. The highest BCUT2D eigenvalue weighted by Crippen LogP contribution is 2.26. The summed E-state index contributed by atoms with van der Waals surface area (Å²) in [6.45, 7) is 11.6. The highest BCUT2D eigenvalue weighted by atomic mass is 19.1. The van der Waals surface area contributed by atoms with Gasteiger partial charge in [-0.25, -0.2) is 4.39 Å². The van der Waals surface area contributed by atoms with E-state index in [0.717, 1.165) is 18.5 Å². The van der Waals surface area contributed by atoms with E-state index >= 15 is 0 Å². The van der Waals surface area contributed by atoms with Crippen LogP contribution in [0.1, 0.15) is 46.6 Å². The molecule has 0 spiro atoms. The molecule has 0 unspecified atom stereocenters. The van der Waals surface area contributed by atoms with Crippen LogP contribution in [-0.2, 0) is 5.41 Å². The van der Waals surface area contributed by atoms with E-state index in [1.807, 2.05) is 0 Å². The molecule has 1 heterocycles. The third kappa shape index (κ3) is 4.82.